The minimum absolute atomic E-state index is 0.392. The number of benzene rings is 1. The summed E-state index contributed by atoms with van der Waals surface area (Å²) >= 11 is 3.58. The minimum atomic E-state index is 0.392. The molecular weight excluding hydrogens is 318 g/mol. The molecule has 2 fully saturated rings. The van der Waals surface area contributed by atoms with Crippen LogP contribution in [0, 0.1) is 0 Å². The molecule has 1 aliphatic heterocycles. The van der Waals surface area contributed by atoms with E-state index in [1.165, 1.54) is 37.7 Å². The van der Waals surface area contributed by atoms with E-state index in [0.29, 0.717) is 12.1 Å². The summed E-state index contributed by atoms with van der Waals surface area (Å²) < 4.78 is 12.7. The zero-order valence-corrected chi connectivity index (χ0v) is 13.5. The van der Waals surface area contributed by atoms with E-state index < -0.39 is 0 Å². The molecule has 110 valence electrons. The molecule has 1 aliphatic carbocycles. The SMILES string of the molecule is COc1cc(Br)cc(CC2CCCCN2)c1OC1CC1. The molecule has 1 saturated heterocycles. The van der Waals surface area contributed by atoms with E-state index in [0.717, 1.165) is 28.9 Å². The molecule has 2 aliphatic rings. The molecule has 1 unspecified atom stereocenters. The second-order valence-electron chi connectivity index (χ2n) is 5.76. The minimum Gasteiger partial charge on any atom is -0.493 e. The highest BCUT2D eigenvalue weighted by molar-refractivity contribution is 9.10. The second kappa shape index (κ2) is 6.35. The van der Waals surface area contributed by atoms with Gasteiger partial charge in [0.05, 0.1) is 13.2 Å². The Bertz CT molecular complexity index is 468. The molecule has 20 heavy (non-hydrogen) atoms. The molecule has 4 heteroatoms. The molecule has 1 aromatic rings. The molecular formula is C16H22BrNO2. The van der Waals surface area contributed by atoms with Crippen LogP contribution < -0.4 is 14.8 Å². The van der Waals surface area contributed by atoms with Crippen molar-refractivity contribution >= 4 is 15.9 Å². The molecule has 0 aromatic heterocycles. The number of piperidine rings is 1. The average Bonchev–Trinajstić information content (AvgIpc) is 3.26. The fourth-order valence-corrected chi connectivity index (χ4v) is 3.26. The van der Waals surface area contributed by atoms with Gasteiger partial charge in [-0.2, -0.15) is 0 Å². The lowest BCUT2D eigenvalue weighted by Gasteiger charge is -2.25. The Labute approximate surface area is 129 Å². The van der Waals surface area contributed by atoms with E-state index >= 15 is 0 Å². The molecule has 0 amide bonds. The zero-order valence-electron chi connectivity index (χ0n) is 12.0. The molecule has 0 radical (unpaired) electrons. The third-order valence-corrected chi connectivity index (χ3v) is 4.46. The van der Waals surface area contributed by atoms with Crippen LogP contribution >= 0.6 is 15.9 Å². The first-order valence-electron chi connectivity index (χ1n) is 7.52. The van der Waals surface area contributed by atoms with Crippen LogP contribution in [-0.4, -0.2) is 25.8 Å². The largest absolute Gasteiger partial charge is 0.493 e. The molecule has 3 nitrogen and oxygen atoms in total. The van der Waals surface area contributed by atoms with Gasteiger partial charge in [-0.05, 0) is 50.8 Å². The van der Waals surface area contributed by atoms with Crippen molar-refractivity contribution in [2.24, 2.45) is 0 Å². The van der Waals surface area contributed by atoms with Gasteiger partial charge >= 0.3 is 0 Å². The summed E-state index contributed by atoms with van der Waals surface area (Å²) in [4.78, 5) is 0. The highest BCUT2D eigenvalue weighted by Gasteiger charge is 2.27. The first kappa shape index (κ1) is 14.2. The van der Waals surface area contributed by atoms with Gasteiger partial charge in [-0.15, -0.1) is 0 Å². The van der Waals surface area contributed by atoms with Crippen molar-refractivity contribution in [3.8, 4) is 11.5 Å². The Hall–Kier alpha value is -0.740. The predicted octanol–water partition coefficient (Wildman–Crippen LogP) is 3.68. The maximum absolute atomic E-state index is 6.10. The van der Waals surface area contributed by atoms with E-state index in [1.807, 2.05) is 6.07 Å². The number of rotatable bonds is 5. The van der Waals surface area contributed by atoms with E-state index in [2.05, 4.69) is 27.3 Å². The fourth-order valence-electron chi connectivity index (χ4n) is 2.78. The van der Waals surface area contributed by atoms with Crippen molar-refractivity contribution in [1.82, 2.24) is 5.32 Å². The topological polar surface area (TPSA) is 30.5 Å². The van der Waals surface area contributed by atoms with Gasteiger partial charge in [0.25, 0.3) is 0 Å². The number of methoxy groups -OCH3 is 1. The Morgan fingerprint density at radius 1 is 1.25 bits per heavy atom. The first-order chi connectivity index (χ1) is 9.76. The number of ether oxygens (including phenoxy) is 2. The summed E-state index contributed by atoms with van der Waals surface area (Å²) in [7, 11) is 1.71. The lowest BCUT2D eigenvalue weighted by atomic mass is 9.97. The second-order valence-corrected chi connectivity index (χ2v) is 6.68. The van der Waals surface area contributed by atoms with Gasteiger partial charge in [-0.3, -0.25) is 0 Å². The van der Waals surface area contributed by atoms with E-state index in [1.54, 1.807) is 7.11 Å². The van der Waals surface area contributed by atoms with Crippen molar-refractivity contribution in [2.45, 2.75) is 50.7 Å². The van der Waals surface area contributed by atoms with Gasteiger partial charge in [0.2, 0.25) is 0 Å². The quantitative estimate of drug-likeness (QED) is 0.887. The van der Waals surface area contributed by atoms with E-state index in [9.17, 15) is 0 Å². The standard InChI is InChI=1S/C16H22BrNO2/c1-19-15-10-12(17)8-11(16(15)20-14-5-6-14)9-13-4-2-3-7-18-13/h8,10,13-14,18H,2-7,9H2,1H3. The number of hydrogen-bond donors (Lipinski definition) is 1. The van der Waals surface area contributed by atoms with Gasteiger partial charge in [-0.1, -0.05) is 22.4 Å². The van der Waals surface area contributed by atoms with Crippen LogP contribution in [0.25, 0.3) is 0 Å². The van der Waals surface area contributed by atoms with Crippen molar-refractivity contribution in [3.05, 3.63) is 22.2 Å². The Morgan fingerprint density at radius 3 is 2.75 bits per heavy atom. The summed E-state index contributed by atoms with van der Waals surface area (Å²) in [5.74, 6) is 1.79. The van der Waals surface area contributed by atoms with Crippen LogP contribution in [0.3, 0.4) is 0 Å². The molecule has 3 rings (SSSR count). The Kier molecular flexibility index (Phi) is 4.51. The molecule has 0 spiro atoms. The third kappa shape index (κ3) is 3.47. The van der Waals surface area contributed by atoms with Crippen molar-refractivity contribution in [1.29, 1.82) is 0 Å². The summed E-state index contributed by atoms with van der Waals surface area (Å²) in [6.07, 6.45) is 7.60. The Morgan fingerprint density at radius 2 is 2.10 bits per heavy atom. The summed E-state index contributed by atoms with van der Waals surface area (Å²) in [5, 5.41) is 3.61. The molecule has 1 heterocycles. The summed E-state index contributed by atoms with van der Waals surface area (Å²) in [5.41, 5.74) is 1.25. The lowest BCUT2D eigenvalue weighted by Crippen LogP contribution is -2.35. The van der Waals surface area contributed by atoms with Crippen molar-refractivity contribution in [3.63, 3.8) is 0 Å². The summed E-state index contributed by atoms with van der Waals surface area (Å²) in [6.45, 7) is 1.13. The van der Waals surface area contributed by atoms with Gasteiger partial charge in [0.15, 0.2) is 11.5 Å². The monoisotopic (exact) mass is 339 g/mol. The van der Waals surface area contributed by atoms with Crippen LogP contribution in [-0.2, 0) is 6.42 Å². The number of nitrogens with one attached hydrogen (secondary N) is 1. The van der Waals surface area contributed by atoms with Crippen molar-refractivity contribution < 1.29 is 9.47 Å². The maximum Gasteiger partial charge on any atom is 0.164 e. The van der Waals surface area contributed by atoms with E-state index in [-0.39, 0.29) is 0 Å². The lowest BCUT2D eigenvalue weighted by molar-refractivity contribution is 0.276. The molecule has 1 aromatic carbocycles. The van der Waals surface area contributed by atoms with Crippen LogP contribution in [0.15, 0.2) is 16.6 Å². The smallest absolute Gasteiger partial charge is 0.164 e. The zero-order chi connectivity index (χ0) is 13.9. The van der Waals surface area contributed by atoms with Crippen LogP contribution in [0.5, 0.6) is 11.5 Å². The molecule has 1 N–H and O–H groups in total. The van der Waals surface area contributed by atoms with Crippen LogP contribution in [0.4, 0.5) is 0 Å². The van der Waals surface area contributed by atoms with Crippen LogP contribution in [0.1, 0.15) is 37.7 Å². The highest BCUT2D eigenvalue weighted by atomic mass is 79.9. The van der Waals surface area contributed by atoms with E-state index in [4.69, 9.17) is 9.47 Å². The highest BCUT2D eigenvalue weighted by Crippen LogP contribution is 2.39. The molecule has 1 atom stereocenters. The normalized spacial score (nSPS) is 22.6. The first-order valence-corrected chi connectivity index (χ1v) is 8.32. The fraction of sp³-hybridized carbons (Fsp3) is 0.625. The van der Waals surface area contributed by atoms with Crippen LogP contribution in [0.2, 0.25) is 0 Å². The predicted molar refractivity (Wildman–Crippen MR) is 83.7 cm³/mol. The number of hydrogen-bond acceptors (Lipinski definition) is 3. The molecule has 0 bridgehead atoms. The maximum atomic E-state index is 6.10. The van der Waals surface area contributed by atoms with Gasteiger partial charge in [0, 0.05) is 16.1 Å². The van der Waals surface area contributed by atoms with Gasteiger partial charge in [-0.25, -0.2) is 0 Å². The average molecular weight is 340 g/mol. The van der Waals surface area contributed by atoms with Crippen molar-refractivity contribution in [2.75, 3.05) is 13.7 Å². The summed E-state index contributed by atoms with van der Waals surface area (Å²) in [6, 6.07) is 4.73. The Balaban J connectivity index is 1.83. The van der Waals surface area contributed by atoms with Gasteiger partial charge in [0.1, 0.15) is 0 Å². The molecule has 1 saturated carbocycles. The van der Waals surface area contributed by atoms with Gasteiger partial charge < -0.3 is 14.8 Å². The third-order valence-electron chi connectivity index (χ3n) is 4.00. The number of halogens is 1.